The molecule has 0 aliphatic carbocycles. The lowest BCUT2D eigenvalue weighted by atomic mass is 10.1. The van der Waals surface area contributed by atoms with Crippen LogP contribution < -0.4 is 10.5 Å². The lowest BCUT2D eigenvalue weighted by Crippen LogP contribution is -2.17. The minimum atomic E-state index is -0.434. The van der Waals surface area contributed by atoms with Crippen molar-refractivity contribution in [2.45, 2.75) is 25.9 Å². The molecule has 0 saturated heterocycles. The summed E-state index contributed by atoms with van der Waals surface area (Å²) in [5.74, 6) is 0.460. The van der Waals surface area contributed by atoms with E-state index in [2.05, 4.69) is 5.10 Å². The highest BCUT2D eigenvalue weighted by Gasteiger charge is 2.11. The number of nitro groups is 1. The molecule has 0 aliphatic heterocycles. The molecule has 0 bridgehead atoms. The summed E-state index contributed by atoms with van der Waals surface area (Å²) in [7, 11) is 1.48. The Morgan fingerprint density at radius 1 is 1.43 bits per heavy atom. The van der Waals surface area contributed by atoms with E-state index in [0.29, 0.717) is 12.3 Å². The van der Waals surface area contributed by atoms with Gasteiger partial charge in [0.05, 0.1) is 30.8 Å². The van der Waals surface area contributed by atoms with Gasteiger partial charge in [0.25, 0.3) is 5.69 Å². The Morgan fingerprint density at radius 3 is 2.81 bits per heavy atom. The molecule has 0 amide bonds. The number of rotatable bonds is 6. The second kappa shape index (κ2) is 6.36. The van der Waals surface area contributed by atoms with E-state index in [1.165, 1.54) is 19.2 Å². The van der Waals surface area contributed by atoms with Crippen LogP contribution in [0.5, 0.6) is 5.75 Å². The van der Waals surface area contributed by atoms with Crippen molar-refractivity contribution < 1.29 is 9.66 Å². The average molecular weight is 290 g/mol. The zero-order valence-corrected chi connectivity index (χ0v) is 12.0. The first-order chi connectivity index (χ1) is 9.97. The van der Waals surface area contributed by atoms with Gasteiger partial charge in [0.1, 0.15) is 5.75 Å². The van der Waals surface area contributed by atoms with Crippen LogP contribution in [0.15, 0.2) is 30.6 Å². The zero-order valence-electron chi connectivity index (χ0n) is 12.0. The monoisotopic (exact) mass is 290 g/mol. The molecule has 0 radical (unpaired) electrons. The minimum absolute atomic E-state index is 0.00677. The van der Waals surface area contributed by atoms with Crippen molar-refractivity contribution >= 4 is 5.69 Å². The summed E-state index contributed by atoms with van der Waals surface area (Å²) in [6, 6.07) is 4.75. The van der Waals surface area contributed by atoms with Crippen molar-refractivity contribution in [2.24, 2.45) is 5.73 Å². The molecule has 0 aliphatic rings. The number of nitrogens with two attached hydrogens (primary N) is 1. The van der Waals surface area contributed by atoms with Crippen molar-refractivity contribution in [1.82, 2.24) is 9.78 Å². The number of hydrogen-bond acceptors (Lipinski definition) is 5. The lowest BCUT2D eigenvalue weighted by Gasteiger charge is -2.05. The molecule has 7 heteroatoms. The van der Waals surface area contributed by atoms with Crippen molar-refractivity contribution in [3.8, 4) is 5.75 Å². The molecule has 7 nitrogen and oxygen atoms in total. The molecule has 21 heavy (non-hydrogen) atoms. The van der Waals surface area contributed by atoms with Gasteiger partial charge in [-0.3, -0.25) is 14.8 Å². The molecule has 1 aromatic carbocycles. The van der Waals surface area contributed by atoms with Gasteiger partial charge in [-0.05, 0) is 30.5 Å². The van der Waals surface area contributed by atoms with Gasteiger partial charge in [0, 0.05) is 18.3 Å². The Balaban J connectivity index is 2.20. The van der Waals surface area contributed by atoms with Crippen LogP contribution in [0.3, 0.4) is 0 Å². The molecule has 1 heterocycles. The number of methoxy groups -OCH3 is 1. The molecule has 0 saturated carbocycles. The first-order valence-electron chi connectivity index (χ1n) is 6.57. The van der Waals surface area contributed by atoms with E-state index in [1.54, 1.807) is 16.9 Å². The Labute approximate surface area is 122 Å². The third kappa shape index (κ3) is 4.03. The van der Waals surface area contributed by atoms with Crippen LogP contribution in [0.1, 0.15) is 18.1 Å². The van der Waals surface area contributed by atoms with Crippen molar-refractivity contribution in [1.29, 1.82) is 0 Å². The van der Waals surface area contributed by atoms with Crippen LogP contribution in [-0.4, -0.2) is 27.9 Å². The van der Waals surface area contributed by atoms with Gasteiger partial charge in [-0.1, -0.05) is 0 Å². The van der Waals surface area contributed by atoms with Crippen LogP contribution in [0.4, 0.5) is 5.69 Å². The van der Waals surface area contributed by atoms with E-state index in [9.17, 15) is 10.1 Å². The quantitative estimate of drug-likeness (QED) is 0.645. The maximum atomic E-state index is 10.9. The molecule has 2 N–H and O–H groups in total. The minimum Gasteiger partial charge on any atom is -0.496 e. The third-order valence-corrected chi connectivity index (χ3v) is 2.99. The van der Waals surface area contributed by atoms with E-state index in [-0.39, 0.29) is 11.7 Å². The number of hydrogen-bond donors (Lipinski definition) is 1. The van der Waals surface area contributed by atoms with Gasteiger partial charge in [-0.25, -0.2) is 0 Å². The van der Waals surface area contributed by atoms with Crippen LogP contribution in [0.25, 0.3) is 0 Å². The molecule has 2 rings (SSSR count). The molecule has 1 atom stereocenters. The fourth-order valence-corrected chi connectivity index (χ4v) is 2.12. The molecule has 1 aromatic heterocycles. The molecular weight excluding hydrogens is 272 g/mol. The van der Waals surface area contributed by atoms with Crippen LogP contribution in [0.2, 0.25) is 0 Å². The first-order valence-corrected chi connectivity index (χ1v) is 6.57. The van der Waals surface area contributed by atoms with Crippen molar-refractivity contribution in [2.75, 3.05) is 7.11 Å². The van der Waals surface area contributed by atoms with Crippen molar-refractivity contribution in [3.63, 3.8) is 0 Å². The summed E-state index contributed by atoms with van der Waals surface area (Å²) < 4.78 is 6.82. The third-order valence-electron chi connectivity index (χ3n) is 2.99. The van der Waals surface area contributed by atoms with Gasteiger partial charge < -0.3 is 10.5 Å². The normalized spacial score (nSPS) is 12.1. The summed E-state index contributed by atoms with van der Waals surface area (Å²) in [6.07, 6.45) is 4.41. The smallest absolute Gasteiger partial charge is 0.273 e. The lowest BCUT2D eigenvalue weighted by molar-refractivity contribution is -0.385. The number of aromatic nitrogens is 2. The summed E-state index contributed by atoms with van der Waals surface area (Å²) in [5, 5.41) is 15.2. The molecule has 2 aromatic rings. The molecular formula is C14H18N4O3. The van der Waals surface area contributed by atoms with Gasteiger partial charge >= 0.3 is 0 Å². The van der Waals surface area contributed by atoms with Gasteiger partial charge in [-0.2, -0.15) is 5.10 Å². The highest BCUT2D eigenvalue weighted by molar-refractivity contribution is 5.42. The van der Waals surface area contributed by atoms with E-state index in [0.717, 1.165) is 17.5 Å². The average Bonchev–Trinajstić information content (AvgIpc) is 2.84. The van der Waals surface area contributed by atoms with Gasteiger partial charge in [0.2, 0.25) is 0 Å². The summed E-state index contributed by atoms with van der Waals surface area (Å²) in [4.78, 5) is 10.5. The Morgan fingerprint density at radius 2 is 2.19 bits per heavy atom. The molecule has 112 valence electrons. The Hall–Kier alpha value is -2.41. The predicted molar refractivity (Wildman–Crippen MR) is 78.3 cm³/mol. The van der Waals surface area contributed by atoms with Crippen molar-refractivity contribution in [3.05, 3.63) is 51.8 Å². The highest BCUT2D eigenvalue weighted by Crippen LogP contribution is 2.23. The number of nitrogens with zero attached hydrogens (tertiary/aromatic N) is 3. The second-order valence-corrected chi connectivity index (χ2v) is 5.02. The summed E-state index contributed by atoms with van der Waals surface area (Å²) >= 11 is 0. The largest absolute Gasteiger partial charge is 0.496 e. The van der Waals surface area contributed by atoms with E-state index in [4.69, 9.17) is 10.5 Å². The fraction of sp³-hybridized carbons (Fsp3) is 0.357. The van der Waals surface area contributed by atoms with Gasteiger partial charge in [0.15, 0.2) is 0 Å². The number of ether oxygens (including phenoxy) is 1. The van der Waals surface area contributed by atoms with E-state index in [1.807, 2.05) is 13.1 Å². The molecule has 0 spiro atoms. The standard InChI is InChI=1S/C14H18N4O3/c1-10(15)3-12-7-16-17(9-12)8-11-4-13(18(19)20)6-14(5-11)21-2/h4-7,9-10H,3,8,15H2,1-2H3. The predicted octanol–water partition coefficient (Wildman–Crippen LogP) is 1.74. The topological polar surface area (TPSA) is 96.2 Å². The Kier molecular flexibility index (Phi) is 4.54. The van der Waals surface area contributed by atoms with Gasteiger partial charge in [-0.15, -0.1) is 0 Å². The van der Waals surface area contributed by atoms with Crippen LogP contribution in [-0.2, 0) is 13.0 Å². The zero-order chi connectivity index (χ0) is 15.4. The Bertz CT molecular complexity index is 637. The van der Waals surface area contributed by atoms with Crippen LogP contribution >= 0.6 is 0 Å². The first kappa shape index (κ1) is 15.0. The summed E-state index contributed by atoms with van der Waals surface area (Å²) in [6.45, 7) is 2.37. The number of non-ortho nitro benzene ring substituents is 1. The van der Waals surface area contributed by atoms with Crippen LogP contribution in [0, 0.1) is 10.1 Å². The van der Waals surface area contributed by atoms with E-state index < -0.39 is 4.92 Å². The number of nitro benzene ring substituents is 1. The SMILES string of the molecule is COc1cc(Cn2cc(CC(C)N)cn2)cc([N+](=O)[O-])c1. The maximum absolute atomic E-state index is 10.9. The maximum Gasteiger partial charge on any atom is 0.273 e. The van der Waals surface area contributed by atoms with E-state index >= 15 is 0 Å². The molecule has 1 unspecified atom stereocenters. The number of benzene rings is 1. The fourth-order valence-electron chi connectivity index (χ4n) is 2.12. The highest BCUT2D eigenvalue weighted by atomic mass is 16.6. The second-order valence-electron chi connectivity index (χ2n) is 5.02. The summed E-state index contributed by atoms with van der Waals surface area (Å²) in [5.41, 5.74) is 7.56. The molecule has 0 fully saturated rings.